The lowest BCUT2D eigenvalue weighted by molar-refractivity contribution is 0.188. The number of halogens is 2. The molecular weight excluding hydrogens is 424 g/mol. The van der Waals surface area contributed by atoms with Crippen molar-refractivity contribution >= 4 is 41.9 Å². The average molecular weight is 442 g/mol. The Bertz CT molecular complexity index is 622. The van der Waals surface area contributed by atoms with Crippen molar-refractivity contribution in [2.45, 2.75) is 23.5 Å². The van der Waals surface area contributed by atoms with Gasteiger partial charge < -0.3 is 10.0 Å². The van der Waals surface area contributed by atoms with Crippen molar-refractivity contribution in [3.05, 3.63) is 27.1 Å². The van der Waals surface area contributed by atoms with Gasteiger partial charge in [0.05, 0.1) is 11.0 Å². The second-order valence-corrected chi connectivity index (χ2v) is 9.08. The van der Waals surface area contributed by atoms with Gasteiger partial charge in [-0.15, -0.1) is 0 Å². The molecule has 1 N–H and O–H groups in total. The van der Waals surface area contributed by atoms with Gasteiger partial charge in [-0.25, -0.2) is 8.42 Å². The lowest BCUT2D eigenvalue weighted by atomic mass is 10.2. The number of likely N-dealkylation sites (N-methyl/N-ethyl adjacent to an activating group) is 1. The number of hydrogen-bond donors (Lipinski definition) is 1. The molecular formula is C13H18Br2N2O3S. The minimum atomic E-state index is -3.63. The van der Waals surface area contributed by atoms with Gasteiger partial charge in [-0.05, 0) is 54.6 Å². The third kappa shape index (κ3) is 3.86. The summed E-state index contributed by atoms with van der Waals surface area (Å²) in [5.41, 5.74) is 0. The van der Waals surface area contributed by atoms with Gasteiger partial charge in [-0.1, -0.05) is 15.9 Å². The van der Waals surface area contributed by atoms with Crippen molar-refractivity contribution in [3.8, 4) is 0 Å². The second-order valence-electron chi connectivity index (χ2n) is 5.46. The fourth-order valence-corrected chi connectivity index (χ4v) is 5.93. The number of aliphatic hydroxyl groups is 1. The molecule has 1 aliphatic rings. The Kier molecular flexibility index (Phi) is 5.49. The van der Waals surface area contributed by atoms with Crippen LogP contribution in [0.25, 0.3) is 0 Å². The molecule has 2 unspecified atom stereocenters. The van der Waals surface area contributed by atoms with E-state index in [2.05, 4.69) is 31.9 Å². The van der Waals surface area contributed by atoms with E-state index in [0.29, 0.717) is 17.4 Å². The Labute approximate surface area is 142 Å². The highest BCUT2D eigenvalue weighted by Crippen LogP contribution is 2.32. The first-order valence-electron chi connectivity index (χ1n) is 6.51. The van der Waals surface area contributed by atoms with Crippen LogP contribution in [0.5, 0.6) is 0 Å². The molecule has 118 valence electrons. The number of hydrogen-bond acceptors (Lipinski definition) is 4. The minimum Gasteiger partial charge on any atom is -0.392 e. The highest BCUT2D eigenvalue weighted by atomic mass is 79.9. The van der Waals surface area contributed by atoms with Crippen LogP contribution in [0.2, 0.25) is 0 Å². The summed E-state index contributed by atoms with van der Waals surface area (Å²) < 4.78 is 28.4. The summed E-state index contributed by atoms with van der Waals surface area (Å²) in [7, 11) is 0.153. The standard InChI is InChI=1S/C13H18Br2N2O3S/c1-16(2)7-10-6-11(18)8-17(10)21(19,20)13-4-3-9(14)5-12(13)15/h3-5,10-11,18H,6-8H2,1-2H3. The largest absolute Gasteiger partial charge is 0.392 e. The van der Waals surface area contributed by atoms with Crippen LogP contribution >= 0.6 is 31.9 Å². The van der Waals surface area contributed by atoms with Crippen LogP contribution in [0.3, 0.4) is 0 Å². The zero-order chi connectivity index (χ0) is 15.8. The van der Waals surface area contributed by atoms with E-state index in [1.54, 1.807) is 18.2 Å². The molecule has 5 nitrogen and oxygen atoms in total. The molecule has 1 saturated heterocycles. The summed E-state index contributed by atoms with van der Waals surface area (Å²) >= 11 is 6.62. The van der Waals surface area contributed by atoms with Gasteiger partial charge >= 0.3 is 0 Å². The van der Waals surface area contributed by atoms with Crippen molar-refractivity contribution in [1.82, 2.24) is 9.21 Å². The Hall–Kier alpha value is 0.01000. The maximum Gasteiger partial charge on any atom is 0.244 e. The Morgan fingerprint density at radius 2 is 2.05 bits per heavy atom. The molecule has 0 aromatic heterocycles. The zero-order valence-corrected chi connectivity index (χ0v) is 15.8. The third-order valence-electron chi connectivity index (χ3n) is 3.40. The van der Waals surface area contributed by atoms with Gasteiger partial charge in [0.25, 0.3) is 0 Å². The number of sulfonamides is 1. The van der Waals surface area contributed by atoms with Crippen molar-refractivity contribution in [1.29, 1.82) is 0 Å². The summed E-state index contributed by atoms with van der Waals surface area (Å²) in [6.07, 6.45) is -0.148. The van der Waals surface area contributed by atoms with Gasteiger partial charge in [0.2, 0.25) is 10.0 Å². The topological polar surface area (TPSA) is 60.9 Å². The first-order chi connectivity index (χ1) is 9.71. The quantitative estimate of drug-likeness (QED) is 0.775. The summed E-state index contributed by atoms with van der Waals surface area (Å²) in [6, 6.07) is 4.77. The van der Waals surface area contributed by atoms with Gasteiger partial charge in [0.15, 0.2) is 0 Å². The van der Waals surface area contributed by atoms with E-state index >= 15 is 0 Å². The van der Waals surface area contributed by atoms with E-state index < -0.39 is 16.1 Å². The van der Waals surface area contributed by atoms with E-state index in [0.717, 1.165) is 4.47 Å². The predicted octanol–water partition coefficient (Wildman–Crippen LogP) is 1.90. The number of nitrogens with zero attached hydrogens (tertiary/aromatic N) is 2. The van der Waals surface area contributed by atoms with Crippen molar-refractivity contribution in [3.63, 3.8) is 0 Å². The van der Waals surface area contributed by atoms with Crippen LogP contribution in [-0.2, 0) is 10.0 Å². The molecule has 0 aliphatic carbocycles. The maximum absolute atomic E-state index is 12.9. The predicted molar refractivity (Wildman–Crippen MR) is 88.7 cm³/mol. The van der Waals surface area contributed by atoms with Crippen LogP contribution in [0, 0.1) is 0 Å². The normalized spacial score (nSPS) is 23.9. The third-order valence-corrected chi connectivity index (χ3v) is 6.79. The van der Waals surface area contributed by atoms with Crippen molar-refractivity contribution in [2.75, 3.05) is 27.2 Å². The lowest BCUT2D eigenvalue weighted by Gasteiger charge is -2.26. The molecule has 1 fully saturated rings. The molecule has 2 rings (SSSR count). The van der Waals surface area contributed by atoms with E-state index in [9.17, 15) is 13.5 Å². The number of benzene rings is 1. The highest BCUT2D eigenvalue weighted by Gasteiger charge is 2.40. The molecule has 0 radical (unpaired) electrons. The van der Waals surface area contributed by atoms with Crippen LogP contribution in [-0.4, -0.2) is 62.1 Å². The number of rotatable bonds is 4. The summed E-state index contributed by atoms with van der Waals surface area (Å²) in [5.74, 6) is 0. The van der Waals surface area contributed by atoms with E-state index in [1.807, 2.05) is 19.0 Å². The van der Waals surface area contributed by atoms with Gasteiger partial charge in [0.1, 0.15) is 0 Å². The zero-order valence-electron chi connectivity index (χ0n) is 11.8. The van der Waals surface area contributed by atoms with Crippen LogP contribution in [0.15, 0.2) is 32.0 Å². The van der Waals surface area contributed by atoms with Crippen molar-refractivity contribution in [2.24, 2.45) is 0 Å². The highest BCUT2D eigenvalue weighted by molar-refractivity contribution is 9.11. The molecule has 0 amide bonds. The molecule has 0 saturated carbocycles. The molecule has 2 atom stereocenters. The molecule has 1 aliphatic heterocycles. The summed E-state index contributed by atoms with van der Waals surface area (Å²) in [4.78, 5) is 2.16. The summed E-state index contributed by atoms with van der Waals surface area (Å²) in [5, 5.41) is 9.86. The molecule has 1 aromatic carbocycles. The minimum absolute atomic E-state index is 0.142. The number of β-amino-alcohol motifs (C(OH)–C–C–N with tert-alkyl or cyclic N) is 1. The van der Waals surface area contributed by atoms with Gasteiger partial charge in [0, 0.05) is 28.1 Å². The van der Waals surface area contributed by atoms with Crippen LogP contribution in [0.4, 0.5) is 0 Å². The van der Waals surface area contributed by atoms with Crippen molar-refractivity contribution < 1.29 is 13.5 Å². The van der Waals surface area contributed by atoms with E-state index in [-0.39, 0.29) is 17.5 Å². The monoisotopic (exact) mass is 440 g/mol. The van der Waals surface area contributed by atoms with Crippen LogP contribution in [0.1, 0.15) is 6.42 Å². The Morgan fingerprint density at radius 1 is 1.38 bits per heavy atom. The Morgan fingerprint density at radius 3 is 2.62 bits per heavy atom. The fraction of sp³-hybridized carbons (Fsp3) is 0.538. The lowest BCUT2D eigenvalue weighted by Crippen LogP contribution is -2.41. The second kappa shape index (κ2) is 6.64. The first-order valence-corrected chi connectivity index (χ1v) is 9.54. The maximum atomic E-state index is 12.9. The van der Waals surface area contributed by atoms with Gasteiger partial charge in [-0.3, -0.25) is 0 Å². The molecule has 0 spiro atoms. The van der Waals surface area contributed by atoms with E-state index in [1.165, 1.54) is 4.31 Å². The Balaban J connectivity index is 2.37. The smallest absolute Gasteiger partial charge is 0.244 e. The average Bonchev–Trinajstić information content (AvgIpc) is 2.69. The van der Waals surface area contributed by atoms with Gasteiger partial charge in [-0.2, -0.15) is 4.31 Å². The van der Waals surface area contributed by atoms with E-state index in [4.69, 9.17) is 0 Å². The number of aliphatic hydroxyl groups excluding tert-OH is 1. The molecule has 8 heteroatoms. The summed E-state index contributed by atoms with van der Waals surface area (Å²) in [6.45, 7) is 0.730. The fourth-order valence-electron chi connectivity index (χ4n) is 2.56. The molecule has 21 heavy (non-hydrogen) atoms. The molecule has 0 bridgehead atoms. The molecule has 1 heterocycles. The SMILES string of the molecule is CN(C)CC1CC(O)CN1S(=O)(=O)c1ccc(Br)cc1Br. The van der Waals surface area contributed by atoms with Crippen LogP contribution < -0.4 is 0 Å². The molecule has 1 aromatic rings. The first kappa shape index (κ1) is 17.4.